The van der Waals surface area contributed by atoms with E-state index in [1.165, 1.54) is 64.8 Å². The predicted octanol–water partition coefficient (Wildman–Crippen LogP) is 2.39. The molecule has 1 saturated heterocycles. The molecular weight excluding hydrogens is 222 g/mol. The lowest BCUT2D eigenvalue weighted by atomic mass is 9.96. The summed E-state index contributed by atoms with van der Waals surface area (Å²) in [5.41, 5.74) is 0.372. The topological polar surface area (TPSA) is 39.1 Å². The van der Waals surface area contributed by atoms with Crippen LogP contribution in [0.2, 0.25) is 0 Å². The summed E-state index contributed by atoms with van der Waals surface area (Å²) in [6.07, 6.45) is 7.18. The van der Waals surface area contributed by atoms with Crippen LogP contribution in [0.5, 0.6) is 0 Å². The Morgan fingerprint density at radius 1 is 1.33 bits per heavy atom. The van der Waals surface area contributed by atoms with Crippen molar-refractivity contribution in [2.45, 2.75) is 45.4 Å². The Kier molecular flexibility index (Phi) is 5.03. The average Bonchev–Trinajstić information content (AvgIpc) is 3.11. The maximum absolute atomic E-state index is 8.93. The summed E-state index contributed by atoms with van der Waals surface area (Å²) < 4.78 is 0. The van der Waals surface area contributed by atoms with Gasteiger partial charge in [-0.05, 0) is 63.1 Å². The molecule has 0 radical (unpaired) electrons. The van der Waals surface area contributed by atoms with Gasteiger partial charge in [0, 0.05) is 19.5 Å². The molecule has 0 amide bonds. The third kappa shape index (κ3) is 3.96. The predicted molar refractivity (Wildman–Crippen MR) is 74.2 cm³/mol. The number of nitriles is 1. The second-order valence-electron chi connectivity index (χ2n) is 6.26. The zero-order valence-electron chi connectivity index (χ0n) is 11.7. The Bertz CT molecular complexity index is 285. The van der Waals surface area contributed by atoms with Gasteiger partial charge < -0.3 is 10.2 Å². The first-order valence-electron chi connectivity index (χ1n) is 7.58. The third-order valence-corrected chi connectivity index (χ3v) is 4.49. The van der Waals surface area contributed by atoms with E-state index in [9.17, 15) is 0 Å². The van der Waals surface area contributed by atoms with Crippen molar-refractivity contribution in [2.75, 3.05) is 32.7 Å². The summed E-state index contributed by atoms with van der Waals surface area (Å²) >= 11 is 0. The zero-order chi connectivity index (χ0) is 12.8. The first kappa shape index (κ1) is 13.8. The summed E-state index contributed by atoms with van der Waals surface area (Å²) in [5, 5.41) is 12.4. The van der Waals surface area contributed by atoms with E-state index in [1.807, 2.05) is 0 Å². The maximum Gasteiger partial charge on any atom is 0.0628 e. The standard InChI is InChI=1S/C15H27N3/c1-2-11-18(12-14-3-9-17-10-4-14)13-15(5-6-15)7-8-16/h14,17H,2-7,9-13H2,1H3. The molecule has 1 saturated carbocycles. The van der Waals surface area contributed by atoms with Gasteiger partial charge in [0.05, 0.1) is 6.07 Å². The summed E-state index contributed by atoms with van der Waals surface area (Å²) in [7, 11) is 0. The van der Waals surface area contributed by atoms with Gasteiger partial charge in [0.15, 0.2) is 0 Å². The molecule has 0 bridgehead atoms. The molecule has 2 rings (SSSR count). The number of rotatable bonds is 7. The van der Waals surface area contributed by atoms with E-state index in [0.717, 1.165) is 12.3 Å². The minimum atomic E-state index is 0.372. The van der Waals surface area contributed by atoms with Crippen molar-refractivity contribution in [3.63, 3.8) is 0 Å². The largest absolute Gasteiger partial charge is 0.317 e. The quantitative estimate of drug-likeness (QED) is 0.753. The zero-order valence-corrected chi connectivity index (χ0v) is 11.7. The van der Waals surface area contributed by atoms with Crippen LogP contribution in [0.25, 0.3) is 0 Å². The molecule has 0 unspecified atom stereocenters. The number of nitrogens with zero attached hydrogens (tertiary/aromatic N) is 2. The van der Waals surface area contributed by atoms with Gasteiger partial charge >= 0.3 is 0 Å². The first-order chi connectivity index (χ1) is 8.78. The van der Waals surface area contributed by atoms with Crippen molar-refractivity contribution >= 4 is 0 Å². The Balaban J connectivity index is 1.81. The SMILES string of the molecule is CCCN(CC1CCNCC1)CC1(CC#N)CC1. The second-order valence-corrected chi connectivity index (χ2v) is 6.26. The van der Waals surface area contributed by atoms with Crippen molar-refractivity contribution < 1.29 is 0 Å². The van der Waals surface area contributed by atoms with Gasteiger partial charge in [0.25, 0.3) is 0 Å². The smallest absolute Gasteiger partial charge is 0.0628 e. The van der Waals surface area contributed by atoms with Gasteiger partial charge in [0.2, 0.25) is 0 Å². The lowest BCUT2D eigenvalue weighted by Crippen LogP contribution is -2.39. The van der Waals surface area contributed by atoms with Crippen LogP contribution < -0.4 is 5.32 Å². The molecule has 0 spiro atoms. The molecule has 0 aromatic rings. The highest BCUT2D eigenvalue weighted by atomic mass is 15.1. The number of piperidine rings is 1. The molecule has 3 nitrogen and oxygen atoms in total. The highest BCUT2D eigenvalue weighted by molar-refractivity contribution is 5.01. The molecule has 2 fully saturated rings. The number of nitrogens with one attached hydrogen (secondary N) is 1. The van der Waals surface area contributed by atoms with Crippen LogP contribution in [0, 0.1) is 22.7 Å². The van der Waals surface area contributed by atoms with Crippen LogP contribution >= 0.6 is 0 Å². The van der Waals surface area contributed by atoms with E-state index >= 15 is 0 Å². The first-order valence-corrected chi connectivity index (χ1v) is 7.58. The molecule has 1 aliphatic carbocycles. The monoisotopic (exact) mass is 249 g/mol. The minimum absolute atomic E-state index is 0.372. The van der Waals surface area contributed by atoms with Crippen LogP contribution in [-0.2, 0) is 0 Å². The fourth-order valence-electron chi connectivity index (χ4n) is 3.19. The molecule has 1 aliphatic heterocycles. The number of hydrogen-bond acceptors (Lipinski definition) is 3. The van der Waals surface area contributed by atoms with Gasteiger partial charge in [-0.15, -0.1) is 0 Å². The molecule has 0 aromatic heterocycles. The van der Waals surface area contributed by atoms with E-state index in [1.54, 1.807) is 0 Å². The Morgan fingerprint density at radius 2 is 2.06 bits per heavy atom. The summed E-state index contributed by atoms with van der Waals surface area (Å²) in [6.45, 7) is 8.26. The molecule has 102 valence electrons. The third-order valence-electron chi connectivity index (χ3n) is 4.49. The second kappa shape index (κ2) is 6.54. The Hall–Kier alpha value is -0.590. The molecule has 18 heavy (non-hydrogen) atoms. The summed E-state index contributed by atoms with van der Waals surface area (Å²) in [5.74, 6) is 0.871. The van der Waals surface area contributed by atoms with Crippen molar-refractivity contribution in [1.82, 2.24) is 10.2 Å². The average molecular weight is 249 g/mol. The van der Waals surface area contributed by atoms with Crippen molar-refractivity contribution in [3.05, 3.63) is 0 Å². The fourth-order valence-corrected chi connectivity index (χ4v) is 3.19. The summed E-state index contributed by atoms with van der Waals surface area (Å²) in [4.78, 5) is 2.64. The van der Waals surface area contributed by atoms with Crippen LogP contribution in [0.3, 0.4) is 0 Å². The molecular formula is C15H27N3. The molecule has 1 N–H and O–H groups in total. The molecule has 1 heterocycles. The minimum Gasteiger partial charge on any atom is -0.317 e. The van der Waals surface area contributed by atoms with Gasteiger partial charge in [0.1, 0.15) is 0 Å². The van der Waals surface area contributed by atoms with Crippen molar-refractivity contribution in [2.24, 2.45) is 11.3 Å². The summed E-state index contributed by atoms with van der Waals surface area (Å²) in [6, 6.07) is 2.38. The highest BCUT2D eigenvalue weighted by Gasteiger charge is 2.43. The maximum atomic E-state index is 8.93. The van der Waals surface area contributed by atoms with E-state index in [-0.39, 0.29) is 0 Å². The van der Waals surface area contributed by atoms with E-state index in [2.05, 4.69) is 23.2 Å². The van der Waals surface area contributed by atoms with Gasteiger partial charge in [-0.3, -0.25) is 0 Å². The van der Waals surface area contributed by atoms with E-state index in [0.29, 0.717) is 5.41 Å². The van der Waals surface area contributed by atoms with Crippen LogP contribution in [0.15, 0.2) is 0 Å². The van der Waals surface area contributed by atoms with Crippen molar-refractivity contribution in [3.8, 4) is 6.07 Å². The van der Waals surface area contributed by atoms with E-state index < -0.39 is 0 Å². The lowest BCUT2D eigenvalue weighted by molar-refractivity contribution is 0.173. The van der Waals surface area contributed by atoms with Crippen LogP contribution in [0.4, 0.5) is 0 Å². The fraction of sp³-hybridized carbons (Fsp3) is 0.933. The number of hydrogen-bond donors (Lipinski definition) is 1. The molecule has 2 aliphatic rings. The lowest BCUT2D eigenvalue weighted by Gasteiger charge is -2.32. The Labute approximate surface area is 112 Å². The van der Waals surface area contributed by atoms with Crippen LogP contribution in [0.1, 0.15) is 45.4 Å². The van der Waals surface area contributed by atoms with Gasteiger partial charge in [-0.1, -0.05) is 6.92 Å². The molecule has 0 aromatic carbocycles. The molecule has 3 heteroatoms. The Morgan fingerprint density at radius 3 is 2.61 bits per heavy atom. The highest BCUT2D eigenvalue weighted by Crippen LogP contribution is 2.49. The van der Waals surface area contributed by atoms with Crippen LogP contribution in [-0.4, -0.2) is 37.6 Å². The van der Waals surface area contributed by atoms with Crippen molar-refractivity contribution in [1.29, 1.82) is 5.26 Å². The van der Waals surface area contributed by atoms with Gasteiger partial charge in [-0.25, -0.2) is 0 Å². The normalized spacial score (nSPS) is 22.9. The molecule has 0 atom stereocenters. The van der Waals surface area contributed by atoms with E-state index in [4.69, 9.17) is 5.26 Å². The van der Waals surface area contributed by atoms with Gasteiger partial charge in [-0.2, -0.15) is 5.26 Å².